The minimum Gasteiger partial charge on any atom is -0.419 e. The van der Waals surface area contributed by atoms with Crippen LogP contribution in [0.25, 0.3) is 46.9 Å². The maximum Gasteiger partial charge on any atom is 0.156 e. The topological polar surface area (TPSA) is 109 Å². The number of H-pyrrole nitrogens is 2. The third kappa shape index (κ3) is 3.17. The number of aromatic amines is 2. The summed E-state index contributed by atoms with van der Waals surface area (Å²) < 4.78 is 0. The maximum atomic E-state index is 4.42. The third-order valence-corrected chi connectivity index (χ3v) is 3.40. The molecule has 0 aromatic carbocycles. The molecular weight excluding hydrogens is 352 g/mol. The number of rotatable bonds is 0. The third-order valence-electron chi connectivity index (χ3n) is 3.40. The Morgan fingerprint density at radius 1 is 0.600 bits per heavy atom. The molecule has 2 aliphatic heterocycles. The zero-order chi connectivity index (χ0) is 15.9. The van der Waals surface area contributed by atoms with Crippen LogP contribution >= 0.6 is 0 Å². The van der Waals surface area contributed by atoms with Crippen molar-refractivity contribution in [3.63, 3.8) is 0 Å². The van der Waals surface area contributed by atoms with Crippen molar-refractivity contribution in [1.29, 1.82) is 0 Å². The van der Waals surface area contributed by atoms with Crippen molar-refractivity contribution in [2.45, 2.75) is 0 Å². The normalized spacial score (nSPS) is 12.2. The van der Waals surface area contributed by atoms with Crippen LogP contribution in [-0.2, 0) is 21.7 Å². The van der Waals surface area contributed by atoms with Gasteiger partial charge in [-0.05, 0) is 42.1 Å². The first-order chi connectivity index (χ1) is 11.8. The van der Waals surface area contributed by atoms with Gasteiger partial charge in [0.1, 0.15) is 17.1 Å². The van der Waals surface area contributed by atoms with Crippen molar-refractivity contribution in [3.8, 4) is 0 Å². The molecule has 9 heteroatoms. The average Bonchev–Trinajstić information content (AvgIpc) is 3.32. The Morgan fingerprint density at radius 3 is 1.76 bits per heavy atom. The summed E-state index contributed by atoms with van der Waals surface area (Å²) in [6.45, 7) is 0. The minimum atomic E-state index is 0. The fraction of sp³-hybridized carbons (Fsp3) is 0. The van der Waals surface area contributed by atoms with Crippen LogP contribution < -0.4 is 0 Å². The summed E-state index contributed by atoms with van der Waals surface area (Å²) in [5.41, 5.74) is 2.52. The summed E-state index contributed by atoms with van der Waals surface area (Å²) in [4.78, 5) is 32.5. The molecule has 8 nitrogen and oxygen atoms in total. The summed E-state index contributed by atoms with van der Waals surface area (Å²) >= 11 is 0. The average molecular weight is 361 g/mol. The molecule has 0 saturated carbocycles. The molecule has 0 saturated heterocycles. The standard InChI is InChI=1S/C16H9N8.Ti/c1-2-10-17-9(1)21-11-3-4-13(18-11)23-15-7-8-16(20-15)24-14-6-5-12(19-14)22-10;/h1-7H,(H2,17,18,19,20,21,22,23,24);/q-1;. The Morgan fingerprint density at radius 2 is 1.12 bits per heavy atom. The molecular formula is C16H9N8Ti-. The van der Waals surface area contributed by atoms with Crippen LogP contribution in [-0.4, -0.2) is 39.9 Å². The van der Waals surface area contributed by atoms with E-state index in [1.165, 1.54) is 0 Å². The number of hydrogen-bond acceptors (Lipinski definition) is 6. The first kappa shape index (κ1) is 15.6. The van der Waals surface area contributed by atoms with Crippen LogP contribution in [0.3, 0.4) is 0 Å². The molecule has 118 valence electrons. The number of aromatic nitrogens is 8. The quantitative estimate of drug-likeness (QED) is 0.323. The molecule has 0 spiro atoms. The first-order valence-corrected chi connectivity index (χ1v) is 7.24. The van der Waals surface area contributed by atoms with Crippen LogP contribution in [0.2, 0.25) is 0 Å². The summed E-state index contributed by atoms with van der Waals surface area (Å²) in [6, 6.07) is 8.41. The zero-order valence-corrected chi connectivity index (χ0v) is 14.3. The summed E-state index contributed by atoms with van der Waals surface area (Å²) in [6.07, 6.45) is 7.17. The SMILES string of the molecule is [Ti].[c-]1cc2nc3nc(nc4nc(nc5ccc(nc1[nH]2)[nH]5)C=C4)C=C3. The molecule has 0 aliphatic carbocycles. The maximum absolute atomic E-state index is 4.42. The minimum absolute atomic E-state index is 0. The Bertz CT molecular complexity index is 1080. The molecule has 2 aliphatic rings. The molecule has 3 aromatic rings. The van der Waals surface area contributed by atoms with Crippen molar-refractivity contribution in [1.82, 2.24) is 39.9 Å². The predicted octanol–water partition coefficient (Wildman–Crippen LogP) is 2.03. The van der Waals surface area contributed by atoms with Gasteiger partial charge in [-0.25, -0.2) is 31.0 Å². The smallest absolute Gasteiger partial charge is 0.156 e. The van der Waals surface area contributed by atoms with Gasteiger partial charge in [-0.15, -0.1) is 0 Å². The van der Waals surface area contributed by atoms with Gasteiger partial charge >= 0.3 is 0 Å². The van der Waals surface area contributed by atoms with Gasteiger partial charge in [0.05, 0.1) is 0 Å². The molecule has 2 N–H and O–H groups in total. The number of nitrogens with one attached hydrogen (secondary N) is 2. The van der Waals surface area contributed by atoms with E-state index >= 15 is 0 Å². The zero-order valence-electron chi connectivity index (χ0n) is 12.7. The van der Waals surface area contributed by atoms with Crippen molar-refractivity contribution in [2.24, 2.45) is 0 Å². The van der Waals surface area contributed by atoms with Crippen LogP contribution in [0, 0.1) is 6.07 Å². The second-order valence-corrected chi connectivity index (χ2v) is 5.15. The number of nitrogens with zero attached hydrogens (tertiary/aromatic N) is 6. The van der Waals surface area contributed by atoms with Gasteiger partial charge in [-0.1, -0.05) is 0 Å². The predicted molar refractivity (Wildman–Crippen MR) is 88.9 cm³/mol. The molecule has 0 radical (unpaired) electrons. The van der Waals surface area contributed by atoms with Gasteiger partial charge in [0.25, 0.3) is 0 Å². The van der Waals surface area contributed by atoms with Gasteiger partial charge in [-0.3, -0.25) is 0 Å². The van der Waals surface area contributed by atoms with Gasteiger partial charge in [0.15, 0.2) is 17.5 Å². The first-order valence-electron chi connectivity index (χ1n) is 7.24. The van der Waals surface area contributed by atoms with Crippen molar-refractivity contribution >= 4 is 46.9 Å². The van der Waals surface area contributed by atoms with E-state index in [0.717, 1.165) is 0 Å². The van der Waals surface area contributed by atoms with Crippen molar-refractivity contribution < 1.29 is 21.7 Å². The van der Waals surface area contributed by atoms with E-state index in [1.54, 1.807) is 30.4 Å². The van der Waals surface area contributed by atoms with Gasteiger partial charge < -0.3 is 15.0 Å². The number of fused-ring (bicyclic) bond motifs is 8. The van der Waals surface area contributed by atoms with E-state index < -0.39 is 0 Å². The van der Waals surface area contributed by atoms with E-state index in [4.69, 9.17) is 0 Å². The van der Waals surface area contributed by atoms with Crippen LogP contribution in [0.5, 0.6) is 0 Å². The molecule has 0 amide bonds. The van der Waals surface area contributed by atoms with Gasteiger partial charge in [0.2, 0.25) is 0 Å². The van der Waals surface area contributed by atoms with Crippen molar-refractivity contribution in [2.75, 3.05) is 0 Å². The Labute approximate surface area is 156 Å². The summed E-state index contributed by atoms with van der Waals surface area (Å²) in [5, 5.41) is 0. The monoisotopic (exact) mass is 361 g/mol. The Kier molecular flexibility index (Phi) is 3.83. The summed E-state index contributed by atoms with van der Waals surface area (Å²) in [5.74, 6) is 2.23. The molecule has 25 heavy (non-hydrogen) atoms. The fourth-order valence-electron chi connectivity index (χ4n) is 2.37. The van der Waals surface area contributed by atoms with E-state index in [9.17, 15) is 0 Å². The molecule has 5 heterocycles. The fourth-order valence-corrected chi connectivity index (χ4v) is 2.37. The largest absolute Gasteiger partial charge is 0.419 e. The molecule has 8 bridgehead atoms. The molecule has 0 fully saturated rings. The van der Waals surface area contributed by atoms with Crippen molar-refractivity contribution in [3.05, 3.63) is 47.6 Å². The Hall–Kier alpha value is -2.97. The molecule has 0 atom stereocenters. The van der Waals surface area contributed by atoms with E-state index in [1.807, 2.05) is 12.1 Å². The molecule has 0 unspecified atom stereocenters. The van der Waals surface area contributed by atoms with E-state index in [-0.39, 0.29) is 21.7 Å². The summed E-state index contributed by atoms with van der Waals surface area (Å²) in [7, 11) is 0. The number of hydrogen-bond donors (Lipinski definition) is 2. The van der Waals surface area contributed by atoms with Crippen LogP contribution in [0.1, 0.15) is 23.3 Å². The van der Waals surface area contributed by atoms with Crippen LogP contribution in [0.15, 0.2) is 18.2 Å². The molecule has 3 aromatic heterocycles. The van der Waals surface area contributed by atoms with Gasteiger partial charge in [0, 0.05) is 27.4 Å². The van der Waals surface area contributed by atoms with E-state index in [0.29, 0.717) is 45.9 Å². The second kappa shape index (κ2) is 6.16. The van der Waals surface area contributed by atoms with Gasteiger partial charge in [-0.2, -0.15) is 6.07 Å². The second-order valence-electron chi connectivity index (χ2n) is 5.15. The molecule has 5 rings (SSSR count). The van der Waals surface area contributed by atoms with Crippen LogP contribution in [0.4, 0.5) is 0 Å². The van der Waals surface area contributed by atoms with E-state index in [2.05, 4.69) is 45.9 Å². The Balaban J connectivity index is 0.00000157.